The molecule has 3 rings (SSSR count). The van der Waals surface area contributed by atoms with Crippen LogP contribution in [0.15, 0.2) is 35.5 Å². The van der Waals surface area contributed by atoms with Crippen molar-refractivity contribution in [2.24, 2.45) is 0 Å². The largest absolute Gasteiger partial charge is 0.493 e. The zero-order chi connectivity index (χ0) is 16.4. The number of aliphatic hydroxyl groups excluding tert-OH is 1. The predicted molar refractivity (Wildman–Crippen MR) is 85.5 cm³/mol. The summed E-state index contributed by atoms with van der Waals surface area (Å²) in [6, 6.07) is 5.85. The van der Waals surface area contributed by atoms with Crippen molar-refractivity contribution >= 4 is 15.5 Å². The number of nitrogens with one attached hydrogen (secondary N) is 1. The number of nitrogens with zero attached hydrogens (tertiary/aromatic N) is 2. The van der Waals surface area contributed by atoms with E-state index in [4.69, 9.17) is 4.74 Å². The second-order valence-corrected chi connectivity index (χ2v) is 7.64. The topological polar surface area (TPSA) is 93.5 Å². The third-order valence-electron chi connectivity index (χ3n) is 3.67. The molecule has 0 fully saturated rings. The molecule has 8 heteroatoms. The molecule has 7 nitrogen and oxygen atoms in total. The van der Waals surface area contributed by atoms with Crippen molar-refractivity contribution < 1.29 is 18.3 Å². The summed E-state index contributed by atoms with van der Waals surface area (Å²) in [5.41, 5.74) is 2.08. The molecule has 0 saturated heterocycles. The molecule has 0 bridgehead atoms. The van der Waals surface area contributed by atoms with Gasteiger partial charge in [-0.05, 0) is 23.8 Å². The van der Waals surface area contributed by atoms with Crippen molar-refractivity contribution in [1.29, 1.82) is 0 Å². The Bertz CT molecular complexity index is 801. The molecule has 2 aromatic rings. The number of ether oxygens (including phenoxy) is 1. The average molecular weight is 337 g/mol. The van der Waals surface area contributed by atoms with Crippen molar-refractivity contribution in [3.8, 4) is 5.75 Å². The number of aliphatic hydroxyl groups is 1. The highest BCUT2D eigenvalue weighted by atomic mass is 32.2. The zero-order valence-electron chi connectivity index (χ0n) is 12.8. The number of rotatable bonds is 6. The minimum absolute atomic E-state index is 0.149. The summed E-state index contributed by atoms with van der Waals surface area (Å²) in [5.74, 6) is 0.918. The summed E-state index contributed by atoms with van der Waals surface area (Å²) < 4.78 is 29.7. The molecule has 124 valence electrons. The van der Waals surface area contributed by atoms with E-state index < -0.39 is 15.9 Å². The van der Waals surface area contributed by atoms with Gasteiger partial charge in [-0.1, -0.05) is 0 Å². The number of sulfone groups is 1. The molecule has 1 unspecified atom stereocenters. The van der Waals surface area contributed by atoms with E-state index in [9.17, 15) is 13.5 Å². The van der Waals surface area contributed by atoms with Crippen LogP contribution in [0.1, 0.15) is 5.56 Å². The molecule has 0 aliphatic carbocycles. The highest BCUT2D eigenvalue weighted by molar-refractivity contribution is 7.90. The standard InChI is InChI=1S/C15H19N3O4S/c1-23(20,21)14-8-17-18(10-14)9-13(19)7-16-12-2-3-15-11(6-12)4-5-22-15/h2-3,6,8,10,13,16,19H,4-5,7,9H2,1H3. The number of hydrogen-bond acceptors (Lipinski definition) is 6. The minimum atomic E-state index is -3.27. The Hall–Kier alpha value is -2.06. The third kappa shape index (κ3) is 3.83. The average Bonchev–Trinajstić information content (AvgIpc) is 3.12. The molecular formula is C15H19N3O4S. The first-order chi connectivity index (χ1) is 10.9. The van der Waals surface area contributed by atoms with Crippen LogP contribution in [0, 0.1) is 0 Å². The summed E-state index contributed by atoms with van der Waals surface area (Å²) in [5, 5.41) is 17.2. The van der Waals surface area contributed by atoms with E-state index in [-0.39, 0.29) is 11.4 Å². The van der Waals surface area contributed by atoms with Crippen molar-refractivity contribution in [2.75, 3.05) is 24.7 Å². The molecule has 0 radical (unpaired) electrons. The number of aromatic nitrogens is 2. The lowest BCUT2D eigenvalue weighted by Crippen LogP contribution is -2.25. The van der Waals surface area contributed by atoms with Crippen LogP contribution in [0.3, 0.4) is 0 Å². The first-order valence-electron chi connectivity index (χ1n) is 7.32. The fourth-order valence-electron chi connectivity index (χ4n) is 2.45. The van der Waals surface area contributed by atoms with Crippen molar-refractivity contribution in [2.45, 2.75) is 24.0 Å². The van der Waals surface area contributed by atoms with Gasteiger partial charge in [0.1, 0.15) is 10.6 Å². The second-order valence-electron chi connectivity index (χ2n) is 5.63. The molecule has 1 aliphatic heterocycles. The van der Waals surface area contributed by atoms with E-state index in [2.05, 4.69) is 10.4 Å². The molecule has 0 spiro atoms. The van der Waals surface area contributed by atoms with Gasteiger partial charge in [0.05, 0.1) is 25.5 Å². The van der Waals surface area contributed by atoms with Crippen molar-refractivity contribution in [3.05, 3.63) is 36.2 Å². The molecular weight excluding hydrogens is 318 g/mol. The highest BCUT2D eigenvalue weighted by Gasteiger charge is 2.14. The number of anilines is 1. The Balaban J connectivity index is 1.55. The van der Waals surface area contributed by atoms with Crippen molar-refractivity contribution in [3.63, 3.8) is 0 Å². The van der Waals surface area contributed by atoms with Gasteiger partial charge >= 0.3 is 0 Å². The summed E-state index contributed by atoms with van der Waals surface area (Å²) >= 11 is 0. The lowest BCUT2D eigenvalue weighted by atomic mass is 10.1. The molecule has 1 aromatic carbocycles. The van der Waals surface area contributed by atoms with Gasteiger partial charge in [0, 0.05) is 31.1 Å². The van der Waals surface area contributed by atoms with E-state index >= 15 is 0 Å². The quantitative estimate of drug-likeness (QED) is 0.806. The van der Waals surface area contributed by atoms with Crippen LogP contribution in [0.2, 0.25) is 0 Å². The van der Waals surface area contributed by atoms with Gasteiger partial charge < -0.3 is 15.2 Å². The Morgan fingerprint density at radius 1 is 1.48 bits per heavy atom. The van der Waals surface area contributed by atoms with E-state index in [1.165, 1.54) is 17.1 Å². The van der Waals surface area contributed by atoms with Gasteiger partial charge in [-0.15, -0.1) is 0 Å². The second kappa shape index (κ2) is 6.21. The SMILES string of the molecule is CS(=O)(=O)c1cnn(CC(O)CNc2ccc3c(c2)CCO3)c1. The number of hydrogen-bond donors (Lipinski definition) is 2. The van der Waals surface area contributed by atoms with Crippen LogP contribution in [-0.4, -0.2) is 48.8 Å². The number of benzene rings is 1. The lowest BCUT2D eigenvalue weighted by molar-refractivity contribution is 0.161. The molecule has 1 aliphatic rings. The minimum Gasteiger partial charge on any atom is -0.493 e. The molecule has 0 saturated carbocycles. The maximum Gasteiger partial charge on any atom is 0.178 e. The van der Waals surface area contributed by atoms with Crippen molar-refractivity contribution in [1.82, 2.24) is 9.78 Å². The normalized spacial score (nSPS) is 15.0. The van der Waals surface area contributed by atoms with Gasteiger partial charge in [0.25, 0.3) is 0 Å². The first kappa shape index (κ1) is 15.8. The molecule has 0 amide bonds. The Morgan fingerprint density at radius 3 is 3.04 bits per heavy atom. The molecule has 2 N–H and O–H groups in total. The van der Waals surface area contributed by atoms with E-state index in [0.29, 0.717) is 13.2 Å². The lowest BCUT2D eigenvalue weighted by Gasteiger charge is -2.13. The van der Waals surface area contributed by atoms with Gasteiger partial charge in [0.2, 0.25) is 0 Å². The van der Waals surface area contributed by atoms with Gasteiger partial charge in [-0.25, -0.2) is 8.42 Å². The van der Waals surface area contributed by atoms with Crippen LogP contribution in [0.5, 0.6) is 5.75 Å². The summed E-state index contributed by atoms with van der Waals surface area (Å²) in [4.78, 5) is 0.149. The Labute approximate surface area is 134 Å². The molecule has 2 heterocycles. The summed E-state index contributed by atoms with van der Waals surface area (Å²) in [7, 11) is -3.27. The fourth-order valence-corrected chi connectivity index (χ4v) is 3.00. The van der Waals surface area contributed by atoms with Crippen LogP contribution >= 0.6 is 0 Å². The fraction of sp³-hybridized carbons (Fsp3) is 0.400. The summed E-state index contributed by atoms with van der Waals surface area (Å²) in [6.45, 7) is 1.27. The maximum atomic E-state index is 11.4. The van der Waals surface area contributed by atoms with Gasteiger partial charge in [-0.2, -0.15) is 5.10 Å². The van der Waals surface area contributed by atoms with E-state index in [1.54, 1.807) is 0 Å². The summed E-state index contributed by atoms with van der Waals surface area (Å²) in [6.07, 6.45) is 4.05. The van der Waals surface area contributed by atoms with Gasteiger partial charge in [-0.3, -0.25) is 4.68 Å². The molecule has 1 atom stereocenters. The molecule has 1 aromatic heterocycles. The van der Waals surface area contributed by atoms with Crippen LogP contribution < -0.4 is 10.1 Å². The van der Waals surface area contributed by atoms with E-state index in [1.807, 2.05) is 18.2 Å². The smallest absolute Gasteiger partial charge is 0.178 e. The molecule has 23 heavy (non-hydrogen) atoms. The van der Waals surface area contributed by atoms with E-state index in [0.717, 1.165) is 29.7 Å². The van der Waals surface area contributed by atoms with Crippen LogP contribution in [0.25, 0.3) is 0 Å². The first-order valence-corrected chi connectivity index (χ1v) is 9.21. The Kier molecular flexibility index (Phi) is 4.27. The predicted octanol–water partition coefficient (Wildman–Crippen LogP) is 0.694. The Morgan fingerprint density at radius 2 is 2.30 bits per heavy atom. The monoisotopic (exact) mass is 337 g/mol. The maximum absolute atomic E-state index is 11.4. The third-order valence-corrected chi connectivity index (χ3v) is 4.73. The zero-order valence-corrected chi connectivity index (χ0v) is 13.6. The van der Waals surface area contributed by atoms with Gasteiger partial charge in [0.15, 0.2) is 9.84 Å². The number of fused-ring (bicyclic) bond motifs is 1. The highest BCUT2D eigenvalue weighted by Crippen LogP contribution is 2.27. The van der Waals surface area contributed by atoms with Crippen LogP contribution in [-0.2, 0) is 22.8 Å². The van der Waals surface area contributed by atoms with Crippen LogP contribution in [0.4, 0.5) is 5.69 Å².